The smallest absolute Gasteiger partial charge is 0.0701 e. The molecule has 2 atom stereocenters. The Morgan fingerprint density at radius 1 is 1.05 bits per heavy atom. The fourth-order valence-electron chi connectivity index (χ4n) is 2.46. The molecule has 2 N–H and O–H groups in total. The maximum Gasteiger partial charge on any atom is 0.0701 e. The predicted molar refractivity (Wildman–Crippen MR) is 78.0 cm³/mol. The van der Waals surface area contributed by atoms with Gasteiger partial charge in [-0.2, -0.15) is 0 Å². The average molecular weight is 290 g/mol. The maximum absolute atomic E-state index is 5.84. The van der Waals surface area contributed by atoms with Crippen LogP contribution < -0.4 is 5.73 Å². The van der Waals surface area contributed by atoms with Gasteiger partial charge in [0.15, 0.2) is 0 Å². The van der Waals surface area contributed by atoms with Crippen molar-refractivity contribution in [3.8, 4) is 0 Å². The number of nitrogens with two attached hydrogens (primary N) is 1. The molecule has 0 aromatic carbocycles. The molecule has 0 bridgehead atoms. The minimum atomic E-state index is 0.356. The third-order valence-electron chi connectivity index (χ3n) is 3.72. The van der Waals surface area contributed by atoms with Crippen LogP contribution in [0.2, 0.25) is 0 Å². The highest BCUT2D eigenvalue weighted by molar-refractivity contribution is 4.82. The van der Waals surface area contributed by atoms with Crippen LogP contribution in [0.3, 0.4) is 0 Å². The number of methoxy groups -OCH3 is 2. The Kier molecular flexibility index (Phi) is 10.2. The highest BCUT2D eigenvalue weighted by atomic mass is 16.5. The van der Waals surface area contributed by atoms with Gasteiger partial charge >= 0.3 is 0 Å². The zero-order chi connectivity index (χ0) is 14.6. The Morgan fingerprint density at radius 2 is 1.75 bits per heavy atom. The molecule has 0 aliphatic carbocycles. The molecule has 1 aliphatic heterocycles. The quantitative estimate of drug-likeness (QED) is 0.545. The largest absolute Gasteiger partial charge is 0.382 e. The lowest BCUT2D eigenvalue weighted by molar-refractivity contribution is -0.00910. The molecule has 120 valence electrons. The van der Waals surface area contributed by atoms with Gasteiger partial charge in [0.25, 0.3) is 0 Å². The fraction of sp³-hybridized carbons (Fsp3) is 1.00. The van der Waals surface area contributed by atoms with Crippen LogP contribution in [-0.4, -0.2) is 83.9 Å². The average Bonchev–Trinajstić information content (AvgIpc) is 2.50. The lowest BCUT2D eigenvalue weighted by Gasteiger charge is -2.38. The normalized spacial score (nSPS) is 24.1. The molecule has 1 rings (SSSR count). The third-order valence-corrected chi connectivity index (χ3v) is 3.72. The van der Waals surface area contributed by atoms with Gasteiger partial charge in [-0.05, 0) is 12.8 Å². The minimum absolute atomic E-state index is 0.356. The standard InChI is InChI=1S/C14H30N2O4/c1-17-7-8-20-10-9-19-6-5-16-4-3-14(18-2)11-13(16)12-15/h13-14H,3-12,15H2,1-2H3. The lowest BCUT2D eigenvalue weighted by atomic mass is 9.99. The van der Waals surface area contributed by atoms with Crippen LogP contribution in [0.25, 0.3) is 0 Å². The van der Waals surface area contributed by atoms with Crippen molar-refractivity contribution >= 4 is 0 Å². The number of ether oxygens (including phenoxy) is 4. The summed E-state index contributed by atoms with van der Waals surface area (Å²) < 4.78 is 21.2. The van der Waals surface area contributed by atoms with Gasteiger partial charge in [-0.3, -0.25) is 4.90 Å². The van der Waals surface area contributed by atoms with Gasteiger partial charge in [0, 0.05) is 39.9 Å². The molecule has 6 nitrogen and oxygen atoms in total. The summed E-state index contributed by atoms with van der Waals surface area (Å²) in [5, 5.41) is 0. The maximum atomic E-state index is 5.84. The molecule has 0 spiro atoms. The van der Waals surface area contributed by atoms with Crippen molar-refractivity contribution in [2.45, 2.75) is 25.0 Å². The molecule has 1 aliphatic rings. The summed E-state index contributed by atoms with van der Waals surface area (Å²) in [6, 6.07) is 0.412. The van der Waals surface area contributed by atoms with Gasteiger partial charge in [-0.15, -0.1) is 0 Å². The molecule has 1 saturated heterocycles. The van der Waals surface area contributed by atoms with Crippen molar-refractivity contribution in [1.82, 2.24) is 4.90 Å². The second-order valence-electron chi connectivity index (χ2n) is 5.03. The molecule has 20 heavy (non-hydrogen) atoms. The fourth-order valence-corrected chi connectivity index (χ4v) is 2.46. The Labute approximate surface area is 122 Å². The van der Waals surface area contributed by atoms with E-state index in [1.54, 1.807) is 14.2 Å². The summed E-state index contributed by atoms with van der Waals surface area (Å²) in [5.41, 5.74) is 5.84. The van der Waals surface area contributed by atoms with Crippen molar-refractivity contribution in [3.63, 3.8) is 0 Å². The predicted octanol–water partition coefficient (Wildman–Crippen LogP) is 0.104. The van der Waals surface area contributed by atoms with E-state index in [-0.39, 0.29) is 0 Å². The van der Waals surface area contributed by atoms with Gasteiger partial charge in [0.05, 0.1) is 39.1 Å². The molecule has 0 amide bonds. The van der Waals surface area contributed by atoms with Gasteiger partial charge in [-0.1, -0.05) is 0 Å². The number of rotatable bonds is 11. The number of nitrogens with zero attached hydrogens (tertiary/aromatic N) is 1. The second-order valence-corrected chi connectivity index (χ2v) is 5.03. The van der Waals surface area contributed by atoms with Crippen molar-refractivity contribution < 1.29 is 18.9 Å². The number of hydrogen-bond donors (Lipinski definition) is 1. The third kappa shape index (κ3) is 6.97. The molecule has 0 aromatic rings. The zero-order valence-corrected chi connectivity index (χ0v) is 12.9. The number of likely N-dealkylation sites (tertiary alicyclic amines) is 1. The molecular weight excluding hydrogens is 260 g/mol. The van der Waals surface area contributed by atoms with Gasteiger partial charge in [0.2, 0.25) is 0 Å². The van der Waals surface area contributed by atoms with E-state index in [4.69, 9.17) is 24.7 Å². The van der Waals surface area contributed by atoms with E-state index in [1.165, 1.54) is 0 Å². The van der Waals surface area contributed by atoms with Gasteiger partial charge < -0.3 is 24.7 Å². The van der Waals surface area contributed by atoms with E-state index < -0.39 is 0 Å². The number of hydrogen-bond acceptors (Lipinski definition) is 6. The van der Waals surface area contributed by atoms with E-state index in [9.17, 15) is 0 Å². The highest BCUT2D eigenvalue weighted by Crippen LogP contribution is 2.18. The van der Waals surface area contributed by atoms with Crippen molar-refractivity contribution in [2.24, 2.45) is 5.73 Å². The SMILES string of the molecule is COCCOCCOCCN1CCC(OC)CC1CN. The highest BCUT2D eigenvalue weighted by Gasteiger charge is 2.26. The molecule has 1 fully saturated rings. The summed E-state index contributed by atoms with van der Waals surface area (Å²) in [4.78, 5) is 2.40. The van der Waals surface area contributed by atoms with Crippen LogP contribution in [0.5, 0.6) is 0 Å². The molecule has 0 radical (unpaired) electrons. The molecular formula is C14H30N2O4. The van der Waals surface area contributed by atoms with Crippen LogP contribution in [-0.2, 0) is 18.9 Å². The van der Waals surface area contributed by atoms with Gasteiger partial charge in [-0.25, -0.2) is 0 Å². The second kappa shape index (κ2) is 11.4. The van der Waals surface area contributed by atoms with E-state index >= 15 is 0 Å². The van der Waals surface area contributed by atoms with Crippen LogP contribution in [0.4, 0.5) is 0 Å². The molecule has 0 saturated carbocycles. The monoisotopic (exact) mass is 290 g/mol. The Balaban J connectivity index is 2.03. The molecule has 2 unspecified atom stereocenters. The number of piperidine rings is 1. The Hall–Kier alpha value is -0.240. The van der Waals surface area contributed by atoms with E-state index in [2.05, 4.69) is 4.90 Å². The first-order chi connectivity index (χ1) is 9.81. The zero-order valence-electron chi connectivity index (χ0n) is 12.9. The van der Waals surface area contributed by atoms with Crippen LogP contribution in [0, 0.1) is 0 Å². The van der Waals surface area contributed by atoms with Gasteiger partial charge in [0.1, 0.15) is 0 Å². The van der Waals surface area contributed by atoms with Crippen molar-refractivity contribution in [1.29, 1.82) is 0 Å². The first-order valence-corrected chi connectivity index (χ1v) is 7.43. The Morgan fingerprint density at radius 3 is 2.40 bits per heavy atom. The first kappa shape index (κ1) is 17.8. The van der Waals surface area contributed by atoms with E-state index in [1.807, 2.05) is 0 Å². The summed E-state index contributed by atoms with van der Waals surface area (Å²) in [6.07, 6.45) is 2.45. The lowest BCUT2D eigenvalue weighted by Crippen LogP contribution is -2.49. The Bertz CT molecular complexity index is 231. The summed E-state index contributed by atoms with van der Waals surface area (Å²) in [7, 11) is 3.45. The van der Waals surface area contributed by atoms with Crippen molar-refractivity contribution in [2.75, 3.05) is 66.9 Å². The topological polar surface area (TPSA) is 66.2 Å². The minimum Gasteiger partial charge on any atom is -0.382 e. The molecule has 6 heteroatoms. The summed E-state index contributed by atoms with van der Waals surface area (Å²) in [5.74, 6) is 0. The van der Waals surface area contributed by atoms with Crippen LogP contribution in [0.15, 0.2) is 0 Å². The van der Waals surface area contributed by atoms with E-state index in [0.29, 0.717) is 45.1 Å². The summed E-state index contributed by atoms with van der Waals surface area (Å²) >= 11 is 0. The summed E-state index contributed by atoms with van der Waals surface area (Å²) in [6.45, 7) is 5.87. The first-order valence-electron chi connectivity index (χ1n) is 7.43. The van der Waals surface area contributed by atoms with Crippen molar-refractivity contribution in [3.05, 3.63) is 0 Å². The molecule has 0 aromatic heterocycles. The van der Waals surface area contributed by atoms with Crippen LogP contribution in [0.1, 0.15) is 12.8 Å². The van der Waals surface area contributed by atoms with E-state index in [0.717, 1.165) is 32.5 Å². The molecule has 1 heterocycles. The van der Waals surface area contributed by atoms with Crippen LogP contribution >= 0.6 is 0 Å².